The molecule has 0 amide bonds. The monoisotopic (exact) mass is 309 g/mol. The Bertz CT molecular complexity index is 402. The van der Waals surface area contributed by atoms with Crippen molar-refractivity contribution < 1.29 is 0 Å². The Labute approximate surface area is 134 Å². The van der Waals surface area contributed by atoms with E-state index in [1.807, 2.05) is 11.3 Å². The number of rotatable bonds is 7. The molecular formula is C17H31N3S. The largest absolute Gasteiger partial charge is 0.348 e. The van der Waals surface area contributed by atoms with Gasteiger partial charge in [0, 0.05) is 25.0 Å². The first-order valence-electron chi connectivity index (χ1n) is 8.59. The molecule has 1 N–H and O–H groups in total. The van der Waals surface area contributed by atoms with E-state index in [2.05, 4.69) is 36.4 Å². The molecule has 1 saturated heterocycles. The summed E-state index contributed by atoms with van der Waals surface area (Å²) in [5.74, 6) is 1.64. The predicted octanol–water partition coefficient (Wildman–Crippen LogP) is 4.30. The van der Waals surface area contributed by atoms with Crippen LogP contribution < -0.4 is 10.2 Å². The van der Waals surface area contributed by atoms with Crippen LogP contribution in [0.1, 0.15) is 58.6 Å². The van der Waals surface area contributed by atoms with Crippen LogP contribution in [0.5, 0.6) is 0 Å². The third-order valence-electron chi connectivity index (χ3n) is 4.21. The molecule has 21 heavy (non-hydrogen) atoms. The van der Waals surface area contributed by atoms with Crippen molar-refractivity contribution in [3.63, 3.8) is 0 Å². The van der Waals surface area contributed by atoms with Crippen molar-refractivity contribution in [2.75, 3.05) is 24.5 Å². The maximum Gasteiger partial charge on any atom is 0.185 e. The highest BCUT2D eigenvalue weighted by atomic mass is 32.1. The fourth-order valence-electron chi connectivity index (χ4n) is 3.07. The summed E-state index contributed by atoms with van der Waals surface area (Å²) in [6, 6.07) is 0. The molecule has 1 aromatic rings. The SMILES string of the molecule is CCCC1CCCN(c2nc(CNCC(C)C)cs2)CC1. The lowest BCUT2D eigenvalue weighted by Crippen LogP contribution is -2.24. The van der Waals surface area contributed by atoms with Crippen molar-refractivity contribution in [2.45, 2.75) is 59.4 Å². The van der Waals surface area contributed by atoms with E-state index < -0.39 is 0 Å². The Morgan fingerprint density at radius 3 is 3.00 bits per heavy atom. The second-order valence-corrected chi connectivity index (χ2v) is 7.56. The van der Waals surface area contributed by atoms with Gasteiger partial charge in [-0.25, -0.2) is 4.98 Å². The molecule has 1 aliphatic rings. The molecule has 120 valence electrons. The van der Waals surface area contributed by atoms with Crippen LogP contribution in [0.4, 0.5) is 5.13 Å². The molecule has 1 aliphatic heterocycles. The molecule has 0 spiro atoms. The molecular weight excluding hydrogens is 278 g/mol. The molecule has 1 fully saturated rings. The molecule has 4 heteroatoms. The lowest BCUT2D eigenvalue weighted by molar-refractivity contribution is 0.435. The van der Waals surface area contributed by atoms with Crippen LogP contribution in [0.15, 0.2) is 5.38 Å². The highest BCUT2D eigenvalue weighted by Gasteiger charge is 2.18. The third-order valence-corrected chi connectivity index (χ3v) is 5.16. The molecule has 0 aliphatic carbocycles. The van der Waals surface area contributed by atoms with E-state index in [-0.39, 0.29) is 0 Å². The Kier molecular flexibility index (Phi) is 6.97. The van der Waals surface area contributed by atoms with Crippen LogP contribution in [0, 0.1) is 11.8 Å². The first-order valence-corrected chi connectivity index (χ1v) is 9.47. The van der Waals surface area contributed by atoms with Gasteiger partial charge in [0.05, 0.1) is 5.69 Å². The van der Waals surface area contributed by atoms with Gasteiger partial charge in [0.25, 0.3) is 0 Å². The molecule has 2 heterocycles. The lowest BCUT2D eigenvalue weighted by Gasteiger charge is -2.19. The van der Waals surface area contributed by atoms with E-state index in [0.29, 0.717) is 5.92 Å². The van der Waals surface area contributed by atoms with Crippen molar-refractivity contribution in [2.24, 2.45) is 11.8 Å². The topological polar surface area (TPSA) is 28.2 Å². The zero-order valence-electron chi connectivity index (χ0n) is 13.9. The van der Waals surface area contributed by atoms with Crippen molar-refractivity contribution >= 4 is 16.5 Å². The molecule has 0 bridgehead atoms. The summed E-state index contributed by atoms with van der Waals surface area (Å²) in [5.41, 5.74) is 1.20. The lowest BCUT2D eigenvalue weighted by atomic mass is 9.96. The molecule has 0 aromatic carbocycles. The van der Waals surface area contributed by atoms with E-state index in [9.17, 15) is 0 Å². The molecule has 1 unspecified atom stereocenters. The minimum atomic E-state index is 0.698. The Hall–Kier alpha value is -0.610. The van der Waals surface area contributed by atoms with Gasteiger partial charge >= 0.3 is 0 Å². The van der Waals surface area contributed by atoms with Crippen LogP contribution in [-0.4, -0.2) is 24.6 Å². The van der Waals surface area contributed by atoms with Gasteiger partial charge in [-0.05, 0) is 37.6 Å². The maximum absolute atomic E-state index is 4.83. The number of thiazole rings is 1. The maximum atomic E-state index is 4.83. The standard InChI is InChI=1S/C17H31N3S/c1-4-6-15-7-5-9-20(10-8-15)17-19-16(13-21-17)12-18-11-14(2)3/h13-15,18H,4-12H2,1-3H3. The number of aromatic nitrogens is 1. The molecule has 1 atom stereocenters. The average molecular weight is 310 g/mol. The summed E-state index contributed by atoms with van der Waals surface area (Å²) in [4.78, 5) is 7.33. The van der Waals surface area contributed by atoms with Gasteiger partial charge in [-0.3, -0.25) is 0 Å². The minimum absolute atomic E-state index is 0.698. The van der Waals surface area contributed by atoms with Crippen LogP contribution in [0.3, 0.4) is 0 Å². The van der Waals surface area contributed by atoms with Gasteiger partial charge in [-0.15, -0.1) is 11.3 Å². The number of hydrogen-bond acceptors (Lipinski definition) is 4. The van der Waals surface area contributed by atoms with Crippen LogP contribution in [0.25, 0.3) is 0 Å². The second kappa shape index (κ2) is 8.74. The minimum Gasteiger partial charge on any atom is -0.348 e. The zero-order chi connectivity index (χ0) is 15.1. The van der Waals surface area contributed by atoms with Gasteiger partial charge in [0.1, 0.15) is 0 Å². The normalized spacial score (nSPS) is 20.0. The van der Waals surface area contributed by atoms with Gasteiger partial charge in [-0.1, -0.05) is 33.6 Å². The second-order valence-electron chi connectivity index (χ2n) is 6.72. The summed E-state index contributed by atoms with van der Waals surface area (Å²) in [5, 5.41) is 6.93. The van der Waals surface area contributed by atoms with Gasteiger partial charge in [0.2, 0.25) is 0 Å². The highest BCUT2D eigenvalue weighted by molar-refractivity contribution is 7.13. The van der Waals surface area contributed by atoms with Crippen molar-refractivity contribution in [3.05, 3.63) is 11.1 Å². The van der Waals surface area contributed by atoms with E-state index >= 15 is 0 Å². The molecule has 2 rings (SSSR count). The van der Waals surface area contributed by atoms with Crippen molar-refractivity contribution in [3.8, 4) is 0 Å². The summed E-state index contributed by atoms with van der Waals surface area (Å²) in [7, 11) is 0. The van der Waals surface area contributed by atoms with Crippen LogP contribution in [-0.2, 0) is 6.54 Å². The number of anilines is 1. The van der Waals surface area contributed by atoms with Crippen molar-refractivity contribution in [1.29, 1.82) is 0 Å². The number of nitrogens with one attached hydrogen (secondary N) is 1. The van der Waals surface area contributed by atoms with E-state index in [4.69, 9.17) is 4.98 Å². The first kappa shape index (κ1) is 16.8. The van der Waals surface area contributed by atoms with Crippen LogP contribution in [0.2, 0.25) is 0 Å². The molecule has 0 radical (unpaired) electrons. The van der Waals surface area contributed by atoms with Crippen LogP contribution >= 0.6 is 11.3 Å². The van der Waals surface area contributed by atoms with Gasteiger partial charge in [-0.2, -0.15) is 0 Å². The fourth-order valence-corrected chi connectivity index (χ4v) is 3.94. The van der Waals surface area contributed by atoms with E-state index in [1.54, 1.807) is 0 Å². The highest BCUT2D eigenvalue weighted by Crippen LogP contribution is 2.27. The quantitative estimate of drug-likeness (QED) is 0.814. The smallest absolute Gasteiger partial charge is 0.185 e. The van der Waals surface area contributed by atoms with E-state index in [1.165, 1.54) is 56.0 Å². The Morgan fingerprint density at radius 1 is 1.38 bits per heavy atom. The third kappa shape index (κ3) is 5.59. The predicted molar refractivity (Wildman–Crippen MR) is 93.1 cm³/mol. The first-order chi connectivity index (χ1) is 10.2. The van der Waals surface area contributed by atoms with E-state index in [0.717, 1.165) is 19.0 Å². The average Bonchev–Trinajstić information content (AvgIpc) is 2.78. The number of nitrogens with zero attached hydrogens (tertiary/aromatic N) is 2. The zero-order valence-corrected chi connectivity index (χ0v) is 14.7. The number of hydrogen-bond donors (Lipinski definition) is 1. The summed E-state index contributed by atoms with van der Waals surface area (Å²) in [6.07, 6.45) is 6.79. The Balaban J connectivity index is 1.83. The Morgan fingerprint density at radius 2 is 2.24 bits per heavy atom. The van der Waals surface area contributed by atoms with Gasteiger partial charge < -0.3 is 10.2 Å². The van der Waals surface area contributed by atoms with Crippen molar-refractivity contribution in [1.82, 2.24) is 10.3 Å². The molecule has 3 nitrogen and oxygen atoms in total. The molecule has 0 saturated carbocycles. The molecule has 1 aromatic heterocycles. The summed E-state index contributed by atoms with van der Waals surface area (Å²) >= 11 is 1.81. The summed E-state index contributed by atoms with van der Waals surface area (Å²) in [6.45, 7) is 11.1. The van der Waals surface area contributed by atoms with Gasteiger partial charge in [0.15, 0.2) is 5.13 Å². The fraction of sp³-hybridized carbons (Fsp3) is 0.824. The summed E-state index contributed by atoms with van der Waals surface area (Å²) < 4.78 is 0.